The Morgan fingerprint density at radius 3 is 2.40 bits per heavy atom. The Balaban J connectivity index is 2.55. The number of carbonyl (C=O) groups is 2. The molecule has 7 nitrogen and oxygen atoms in total. The molecular weight excluding hydrogens is 324 g/mol. The SMILES string of the molecule is COc1ccc(OC)c(C2NC(=O)NC(C)=C2C(=O)OC(C)(C)C)c1. The number of benzene rings is 1. The molecule has 0 saturated heterocycles. The van der Waals surface area contributed by atoms with E-state index >= 15 is 0 Å². The molecule has 1 aliphatic rings. The Morgan fingerprint density at radius 2 is 1.84 bits per heavy atom. The maximum Gasteiger partial charge on any atom is 0.338 e. The molecule has 136 valence electrons. The van der Waals surface area contributed by atoms with Gasteiger partial charge in [-0.15, -0.1) is 0 Å². The molecule has 1 aromatic rings. The van der Waals surface area contributed by atoms with Crippen LogP contribution >= 0.6 is 0 Å². The Hall–Kier alpha value is -2.70. The third-order valence-electron chi connectivity index (χ3n) is 3.64. The van der Waals surface area contributed by atoms with Crippen LogP contribution in [0.15, 0.2) is 29.5 Å². The summed E-state index contributed by atoms with van der Waals surface area (Å²) in [5.74, 6) is 0.610. The summed E-state index contributed by atoms with van der Waals surface area (Å²) in [6, 6.07) is 4.08. The summed E-state index contributed by atoms with van der Waals surface area (Å²) in [6.07, 6.45) is 0. The topological polar surface area (TPSA) is 85.9 Å². The van der Waals surface area contributed by atoms with E-state index in [1.54, 1.807) is 53.0 Å². The Bertz CT molecular complexity index is 719. The van der Waals surface area contributed by atoms with E-state index < -0.39 is 23.6 Å². The summed E-state index contributed by atoms with van der Waals surface area (Å²) in [4.78, 5) is 24.7. The lowest BCUT2D eigenvalue weighted by Gasteiger charge is -2.31. The summed E-state index contributed by atoms with van der Waals surface area (Å²) in [5, 5.41) is 5.38. The zero-order valence-corrected chi connectivity index (χ0v) is 15.4. The van der Waals surface area contributed by atoms with Crippen LogP contribution < -0.4 is 20.1 Å². The zero-order valence-electron chi connectivity index (χ0n) is 15.4. The molecule has 1 aliphatic heterocycles. The molecular formula is C18H24N2O5. The maximum atomic E-state index is 12.7. The van der Waals surface area contributed by atoms with Crippen LogP contribution in [0.1, 0.15) is 39.3 Å². The van der Waals surface area contributed by atoms with Crippen molar-refractivity contribution in [3.63, 3.8) is 0 Å². The van der Waals surface area contributed by atoms with Gasteiger partial charge in [-0.05, 0) is 45.9 Å². The molecule has 1 unspecified atom stereocenters. The Morgan fingerprint density at radius 1 is 1.16 bits per heavy atom. The van der Waals surface area contributed by atoms with Crippen molar-refractivity contribution in [3.05, 3.63) is 35.0 Å². The third kappa shape index (κ3) is 4.23. The molecule has 1 atom stereocenters. The first kappa shape index (κ1) is 18.6. The molecule has 0 aliphatic carbocycles. The fourth-order valence-corrected chi connectivity index (χ4v) is 2.60. The van der Waals surface area contributed by atoms with Crippen molar-refractivity contribution in [2.75, 3.05) is 14.2 Å². The van der Waals surface area contributed by atoms with Crippen molar-refractivity contribution in [1.82, 2.24) is 10.6 Å². The highest BCUT2D eigenvalue weighted by Crippen LogP contribution is 2.36. The van der Waals surface area contributed by atoms with Crippen molar-refractivity contribution in [2.24, 2.45) is 0 Å². The van der Waals surface area contributed by atoms with Crippen LogP contribution in [0.25, 0.3) is 0 Å². The smallest absolute Gasteiger partial charge is 0.338 e. The number of ether oxygens (including phenoxy) is 3. The number of rotatable bonds is 4. The van der Waals surface area contributed by atoms with Crippen molar-refractivity contribution in [1.29, 1.82) is 0 Å². The van der Waals surface area contributed by atoms with Gasteiger partial charge in [-0.25, -0.2) is 9.59 Å². The van der Waals surface area contributed by atoms with Crippen molar-refractivity contribution >= 4 is 12.0 Å². The van der Waals surface area contributed by atoms with Crippen LogP contribution in [0.3, 0.4) is 0 Å². The summed E-state index contributed by atoms with van der Waals surface area (Å²) in [5.41, 5.74) is 0.709. The summed E-state index contributed by atoms with van der Waals surface area (Å²) in [7, 11) is 3.07. The van der Waals surface area contributed by atoms with Crippen molar-refractivity contribution < 1.29 is 23.8 Å². The number of methoxy groups -OCH3 is 2. The fourth-order valence-electron chi connectivity index (χ4n) is 2.60. The first-order valence-corrected chi connectivity index (χ1v) is 7.90. The predicted molar refractivity (Wildman–Crippen MR) is 92.5 cm³/mol. The summed E-state index contributed by atoms with van der Waals surface area (Å²) < 4.78 is 16.2. The van der Waals surface area contributed by atoms with Gasteiger partial charge in [-0.2, -0.15) is 0 Å². The number of hydrogen-bond acceptors (Lipinski definition) is 5. The van der Waals surface area contributed by atoms with Crippen LogP contribution in [0.5, 0.6) is 11.5 Å². The molecule has 0 radical (unpaired) electrons. The predicted octanol–water partition coefficient (Wildman–Crippen LogP) is 2.67. The number of allylic oxidation sites excluding steroid dienone is 1. The lowest BCUT2D eigenvalue weighted by Crippen LogP contribution is -2.46. The van der Waals surface area contributed by atoms with Gasteiger partial charge in [0.15, 0.2) is 0 Å². The van der Waals surface area contributed by atoms with E-state index in [9.17, 15) is 9.59 Å². The standard InChI is InChI=1S/C18H24N2O5/c1-10-14(16(21)25-18(2,3)4)15(20-17(22)19-10)12-9-11(23-5)7-8-13(12)24-6/h7-9,15H,1-6H3,(H2,19,20,22). The number of urea groups is 1. The molecule has 7 heteroatoms. The fraction of sp³-hybridized carbons (Fsp3) is 0.444. The second-order valence-electron chi connectivity index (χ2n) is 6.68. The second-order valence-corrected chi connectivity index (χ2v) is 6.68. The third-order valence-corrected chi connectivity index (χ3v) is 3.64. The average Bonchev–Trinajstić information content (AvgIpc) is 2.51. The first-order valence-electron chi connectivity index (χ1n) is 7.90. The summed E-state index contributed by atoms with van der Waals surface area (Å²) >= 11 is 0. The van der Waals surface area contributed by atoms with Gasteiger partial charge in [0.1, 0.15) is 17.1 Å². The highest BCUT2D eigenvalue weighted by molar-refractivity contribution is 5.95. The molecule has 25 heavy (non-hydrogen) atoms. The van der Waals surface area contributed by atoms with Crippen LogP contribution in [0.4, 0.5) is 4.79 Å². The molecule has 0 fully saturated rings. The van der Waals surface area contributed by atoms with Gasteiger partial charge in [-0.3, -0.25) is 0 Å². The molecule has 2 N–H and O–H groups in total. The molecule has 0 aromatic heterocycles. The zero-order chi connectivity index (χ0) is 18.8. The lowest BCUT2D eigenvalue weighted by molar-refractivity contribution is -0.150. The van der Waals surface area contributed by atoms with E-state index in [-0.39, 0.29) is 0 Å². The average molecular weight is 348 g/mol. The minimum atomic E-state index is -0.714. The maximum absolute atomic E-state index is 12.7. The highest BCUT2D eigenvalue weighted by atomic mass is 16.6. The summed E-state index contributed by atoms with van der Waals surface area (Å²) in [6.45, 7) is 7.03. The van der Waals surface area contributed by atoms with Crippen LogP contribution in [-0.4, -0.2) is 31.8 Å². The second kappa shape index (κ2) is 7.04. The largest absolute Gasteiger partial charge is 0.497 e. The highest BCUT2D eigenvalue weighted by Gasteiger charge is 2.35. The van der Waals surface area contributed by atoms with E-state index in [0.717, 1.165) is 0 Å². The van der Waals surface area contributed by atoms with Gasteiger partial charge < -0.3 is 24.8 Å². The van der Waals surface area contributed by atoms with Crippen molar-refractivity contribution in [3.8, 4) is 11.5 Å². The van der Waals surface area contributed by atoms with Gasteiger partial charge in [0.25, 0.3) is 0 Å². The number of carbonyl (C=O) groups excluding carboxylic acids is 2. The monoisotopic (exact) mass is 348 g/mol. The minimum Gasteiger partial charge on any atom is -0.497 e. The van der Waals surface area contributed by atoms with Gasteiger partial charge in [0.2, 0.25) is 0 Å². The van der Waals surface area contributed by atoms with Gasteiger partial charge >= 0.3 is 12.0 Å². The molecule has 2 rings (SSSR count). The van der Waals surface area contributed by atoms with Crippen LogP contribution in [0, 0.1) is 0 Å². The van der Waals surface area contributed by atoms with E-state index in [1.165, 1.54) is 7.11 Å². The van der Waals surface area contributed by atoms with Gasteiger partial charge in [-0.1, -0.05) is 0 Å². The van der Waals surface area contributed by atoms with Gasteiger partial charge in [0, 0.05) is 11.3 Å². The lowest BCUT2D eigenvalue weighted by atomic mass is 9.94. The molecule has 0 bridgehead atoms. The molecule has 0 saturated carbocycles. The quantitative estimate of drug-likeness (QED) is 0.817. The van der Waals surface area contributed by atoms with E-state index in [1.807, 2.05) is 0 Å². The molecule has 1 heterocycles. The first-order chi connectivity index (χ1) is 11.7. The van der Waals surface area contributed by atoms with E-state index in [2.05, 4.69) is 10.6 Å². The minimum absolute atomic E-state index is 0.320. The Labute approximate surface area is 147 Å². The Kier molecular flexibility index (Phi) is 5.25. The number of esters is 1. The number of hydrogen-bond donors (Lipinski definition) is 2. The normalized spacial score (nSPS) is 17.5. The van der Waals surface area contributed by atoms with Crippen LogP contribution in [0.2, 0.25) is 0 Å². The molecule has 2 amide bonds. The molecule has 0 spiro atoms. The van der Waals surface area contributed by atoms with Crippen molar-refractivity contribution in [2.45, 2.75) is 39.3 Å². The molecule has 1 aromatic carbocycles. The number of nitrogens with one attached hydrogen (secondary N) is 2. The van der Waals surface area contributed by atoms with E-state index in [4.69, 9.17) is 14.2 Å². The van der Waals surface area contributed by atoms with Gasteiger partial charge in [0.05, 0.1) is 25.8 Å². The number of amides is 2. The van der Waals surface area contributed by atoms with Crippen LogP contribution in [-0.2, 0) is 9.53 Å². The van der Waals surface area contributed by atoms with E-state index in [0.29, 0.717) is 28.3 Å².